The number of allylic oxidation sites excluding steroid dienone is 2. The molecule has 338 valence electrons. The standard InChI is InChI=1S/C48H93O8P/c1-4-6-8-10-12-14-16-18-20-22-23-24-25-27-28-30-32-34-36-38-40-42-47(49)54-44-46(45-55-57(51,52)53-3)56-48(50)43-41-39-37-35-33-31-29-26-21-19-17-15-13-11-9-7-5-2/h19,21,46H,4-18,20,22-45H2,1-3H3,(H,51,52)/b21-19-. The molecule has 0 aliphatic carbocycles. The van der Waals surface area contributed by atoms with E-state index in [1.54, 1.807) is 0 Å². The molecule has 0 rings (SSSR count). The lowest BCUT2D eigenvalue weighted by Gasteiger charge is -2.19. The van der Waals surface area contributed by atoms with E-state index in [9.17, 15) is 19.0 Å². The van der Waals surface area contributed by atoms with E-state index < -0.39 is 26.5 Å². The van der Waals surface area contributed by atoms with E-state index in [1.165, 1.54) is 180 Å². The molecule has 8 nitrogen and oxygen atoms in total. The van der Waals surface area contributed by atoms with Gasteiger partial charge in [-0.2, -0.15) is 0 Å². The summed E-state index contributed by atoms with van der Waals surface area (Å²) in [5.41, 5.74) is 0. The molecular weight excluding hydrogens is 735 g/mol. The average molecular weight is 829 g/mol. The molecule has 0 aliphatic rings. The number of carbonyl (C=O) groups is 2. The lowest BCUT2D eigenvalue weighted by molar-refractivity contribution is -0.161. The maximum absolute atomic E-state index is 12.5. The molecule has 0 aliphatic heterocycles. The molecule has 1 N–H and O–H groups in total. The third kappa shape index (κ3) is 44.2. The highest BCUT2D eigenvalue weighted by atomic mass is 31.2. The van der Waals surface area contributed by atoms with Gasteiger partial charge in [-0.1, -0.05) is 219 Å². The minimum Gasteiger partial charge on any atom is -0.462 e. The van der Waals surface area contributed by atoms with Gasteiger partial charge in [0.25, 0.3) is 0 Å². The number of phosphoric acid groups is 1. The zero-order valence-corrected chi connectivity index (χ0v) is 38.7. The van der Waals surface area contributed by atoms with Gasteiger partial charge in [0.05, 0.1) is 6.61 Å². The van der Waals surface area contributed by atoms with Gasteiger partial charge in [0, 0.05) is 20.0 Å². The van der Waals surface area contributed by atoms with Crippen molar-refractivity contribution < 1.29 is 37.6 Å². The van der Waals surface area contributed by atoms with Crippen molar-refractivity contribution in [1.29, 1.82) is 0 Å². The van der Waals surface area contributed by atoms with Crippen molar-refractivity contribution in [2.75, 3.05) is 20.3 Å². The molecule has 0 heterocycles. The van der Waals surface area contributed by atoms with Gasteiger partial charge in [0.2, 0.25) is 0 Å². The van der Waals surface area contributed by atoms with Crippen molar-refractivity contribution in [3.63, 3.8) is 0 Å². The summed E-state index contributed by atoms with van der Waals surface area (Å²) in [6.45, 7) is 3.92. The number of phosphoric ester groups is 1. The predicted octanol–water partition coefficient (Wildman–Crippen LogP) is 15.6. The smallest absolute Gasteiger partial charge is 0.462 e. The van der Waals surface area contributed by atoms with Crippen molar-refractivity contribution >= 4 is 19.8 Å². The van der Waals surface area contributed by atoms with Gasteiger partial charge in [-0.05, 0) is 38.5 Å². The van der Waals surface area contributed by atoms with Gasteiger partial charge in [0.15, 0.2) is 6.10 Å². The van der Waals surface area contributed by atoms with Crippen LogP contribution in [0.4, 0.5) is 0 Å². The lowest BCUT2D eigenvalue weighted by atomic mass is 10.0. The Morgan fingerprint density at radius 1 is 0.474 bits per heavy atom. The summed E-state index contributed by atoms with van der Waals surface area (Å²) < 4.78 is 32.1. The Bertz CT molecular complexity index is 941. The van der Waals surface area contributed by atoms with E-state index in [4.69, 9.17) is 14.0 Å². The van der Waals surface area contributed by atoms with E-state index in [0.717, 1.165) is 52.1 Å². The number of unbranched alkanes of at least 4 members (excludes halogenated alkanes) is 33. The second-order valence-electron chi connectivity index (χ2n) is 16.6. The lowest BCUT2D eigenvalue weighted by Crippen LogP contribution is -2.29. The van der Waals surface area contributed by atoms with Gasteiger partial charge >= 0.3 is 19.8 Å². The van der Waals surface area contributed by atoms with Gasteiger partial charge < -0.3 is 14.4 Å². The van der Waals surface area contributed by atoms with Crippen LogP contribution in [-0.4, -0.2) is 43.3 Å². The molecule has 0 saturated heterocycles. The molecule has 0 radical (unpaired) electrons. The van der Waals surface area contributed by atoms with Crippen LogP contribution in [0.25, 0.3) is 0 Å². The fourth-order valence-corrected chi connectivity index (χ4v) is 7.70. The van der Waals surface area contributed by atoms with Gasteiger partial charge in [-0.25, -0.2) is 4.57 Å². The van der Waals surface area contributed by atoms with E-state index in [2.05, 4.69) is 30.5 Å². The van der Waals surface area contributed by atoms with Crippen LogP contribution in [0.15, 0.2) is 12.2 Å². The van der Waals surface area contributed by atoms with E-state index >= 15 is 0 Å². The van der Waals surface area contributed by atoms with E-state index in [0.29, 0.717) is 12.8 Å². The molecule has 0 aromatic rings. The molecule has 0 amide bonds. The molecular formula is C48H93O8P. The molecule has 2 atom stereocenters. The fourth-order valence-electron chi connectivity index (χ4n) is 7.24. The minimum absolute atomic E-state index is 0.220. The summed E-state index contributed by atoms with van der Waals surface area (Å²) in [5, 5.41) is 0. The molecule has 0 aromatic heterocycles. The van der Waals surface area contributed by atoms with Gasteiger partial charge in [0.1, 0.15) is 6.61 Å². The number of esters is 2. The van der Waals surface area contributed by atoms with Crippen molar-refractivity contribution in [2.24, 2.45) is 0 Å². The molecule has 9 heteroatoms. The second-order valence-corrected chi connectivity index (χ2v) is 18.2. The fraction of sp³-hybridized carbons (Fsp3) is 0.917. The Balaban J connectivity index is 3.88. The summed E-state index contributed by atoms with van der Waals surface area (Å²) in [7, 11) is -3.19. The molecule has 2 unspecified atom stereocenters. The van der Waals surface area contributed by atoms with E-state index in [1.807, 2.05) is 0 Å². The van der Waals surface area contributed by atoms with Crippen molar-refractivity contribution in [3.8, 4) is 0 Å². The topological polar surface area (TPSA) is 108 Å². The monoisotopic (exact) mass is 829 g/mol. The summed E-state index contributed by atoms with van der Waals surface area (Å²) in [5.74, 6) is -0.793. The summed E-state index contributed by atoms with van der Waals surface area (Å²) in [4.78, 5) is 34.6. The Morgan fingerprint density at radius 3 is 1.14 bits per heavy atom. The van der Waals surface area contributed by atoms with Crippen LogP contribution in [0.5, 0.6) is 0 Å². The number of rotatable bonds is 46. The minimum atomic E-state index is -4.26. The maximum atomic E-state index is 12.5. The SMILES string of the molecule is CCCCCCCC/C=C\CCCCCCCCCC(=O)OC(COC(=O)CCCCCCCCCCCCCCCCCCCCCCC)COP(=O)(O)OC. The first kappa shape index (κ1) is 55.8. The normalized spacial score (nSPS) is 13.3. The summed E-state index contributed by atoms with van der Waals surface area (Å²) in [6, 6.07) is 0. The van der Waals surface area contributed by atoms with Crippen molar-refractivity contribution in [3.05, 3.63) is 12.2 Å². The Labute approximate surface area is 352 Å². The first-order valence-corrected chi connectivity index (χ1v) is 25.9. The van der Waals surface area contributed by atoms with E-state index in [-0.39, 0.29) is 19.0 Å². The zero-order valence-electron chi connectivity index (χ0n) is 37.8. The predicted molar refractivity (Wildman–Crippen MR) is 240 cm³/mol. The van der Waals surface area contributed by atoms with Gasteiger partial charge in [-0.3, -0.25) is 18.6 Å². The summed E-state index contributed by atoms with van der Waals surface area (Å²) >= 11 is 0. The largest absolute Gasteiger partial charge is 0.472 e. The highest BCUT2D eigenvalue weighted by Crippen LogP contribution is 2.42. The molecule has 0 bridgehead atoms. The van der Waals surface area contributed by atoms with Crippen LogP contribution in [0.3, 0.4) is 0 Å². The van der Waals surface area contributed by atoms with Crippen LogP contribution in [0, 0.1) is 0 Å². The van der Waals surface area contributed by atoms with Crippen LogP contribution >= 0.6 is 7.82 Å². The molecule has 0 aromatic carbocycles. The van der Waals surface area contributed by atoms with Crippen LogP contribution < -0.4 is 0 Å². The third-order valence-corrected chi connectivity index (χ3v) is 11.9. The number of carbonyl (C=O) groups excluding carboxylic acids is 2. The van der Waals surface area contributed by atoms with Crippen LogP contribution in [-0.2, 0) is 32.7 Å². The highest BCUT2D eigenvalue weighted by Gasteiger charge is 2.24. The quantitative estimate of drug-likeness (QED) is 0.0280. The Hall–Kier alpha value is -1.21. The zero-order chi connectivity index (χ0) is 41.8. The third-order valence-electron chi connectivity index (χ3n) is 11.0. The maximum Gasteiger partial charge on any atom is 0.472 e. The highest BCUT2D eigenvalue weighted by molar-refractivity contribution is 7.47. The average Bonchev–Trinajstić information content (AvgIpc) is 3.20. The number of hydrogen-bond acceptors (Lipinski definition) is 7. The molecule has 0 saturated carbocycles. The molecule has 0 spiro atoms. The summed E-state index contributed by atoms with van der Waals surface area (Å²) in [6.07, 6.45) is 49.9. The van der Waals surface area contributed by atoms with Crippen molar-refractivity contribution in [2.45, 2.75) is 264 Å². The van der Waals surface area contributed by atoms with Crippen LogP contribution in [0.1, 0.15) is 258 Å². The molecule has 0 fully saturated rings. The molecule has 57 heavy (non-hydrogen) atoms. The number of ether oxygens (including phenoxy) is 2. The first-order valence-electron chi connectivity index (χ1n) is 24.4. The Morgan fingerprint density at radius 2 is 0.789 bits per heavy atom. The van der Waals surface area contributed by atoms with Gasteiger partial charge in [-0.15, -0.1) is 0 Å². The Kier molecular flexibility index (Phi) is 43.4. The van der Waals surface area contributed by atoms with Crippen molar-refractivity contribution in [1.82, 2.24) is 0 Å². The first-order chi connectivity index (χ1) is 27.8. The number of hydrogen-bond donors (Lipinski definition) is 1. The van der Waals surface area contributed by atoms with Crippen LogP contribution in [0.2, 0.25) is 0 Å². The second kappa shape index (κ2) is 44.3.